The van der Waals surface area contributed by atoms with Crippen molar-refractivity contribution in [1.82, 2.24) is 10.3 Å². The normalized spacial score (nSPS) is 16.1. The second kappa shape index (κ2) is 4.03. The van der Waals surface area contributed by atoms with Crippen LogP contribution in [-0.4, -0.2) is 18.1 Å². The second-order valence-corrected chi connectivity index (χ2v) is 4.84. The third-order valence-electron chi connectivity index (χ3n) is 2.76. The van der Waals surface area contributed by atoms with Crippen LogP contribution in [0.2, 0.25) is 0 Å². The second-order valence-electron chi connectivity index (χ2n) is 3.93. The Kier molecular flexibility index (Phi) is 2.53. The average molecular weight is 279 g/mol. The summed E-state index contributed by atoms with van der Waals surface area (Å²) in [5, 5.41) is 3.21. The van der Waals surface area contributed by atoms with Gasteiger partial charge in [-0.3, -0.25) is 0 Å². The van der Waals surface area contributed by atoms with Crippen LogP contribution in [0.15, 0.2) is 39.4 Å². The molecule has 1 N–H and O–H groups in total. The molecule has 0 atom stereocenters. The Morgan fingerprint density at radius 3 is 2.94 bits per heavy atom. The van der Waals surface area contributed by atoms with Gasteiger partial charge in [0.1, 0.15) is 0 Å². The van der Waals surface area contributed by atoms with Gasteiger partial charge in [0.15, 0.2) is 5.76 Å². The van der Waals surface area contributed by atoms with Gasteiger partial charge in [0, 0.05) is 23.1 Å². The van der Waals surface area contributed by atoms with E-state index in [4.69, 9.17) is 4.42 Å². The van der Waals surface area contributed by atoms with Gasteiger partial charge >= 0.3 is 0 Å². The highest BCUT2D eigenvalue weighted by molar-refractivity contribution is 9.10. The minimum atomic E-state index is 0.445. The maximum absolute atomic E-state index is 5.76. The van der Waals surface area contributed by atoms with Crippen LogP contribution in [0.25, 0.3) is 11.3 Å². The van der Waals surface area contributed by atoms with E-state index in [1.54, 1.807) is 6.20 Å². The maximum atomic E-state index is 5.76. The van der Waals surface area contributed by atoms with Crippen molar-refractivity contribution in [2.45, 2.75) is 5.92 Å². The van der Waals surface area contributed by atoms with Gasteiger partial charge in [-0.1, -0.05) is 28.1 Å². The molecule has 0 aliphatic carbocycles. The SMILES string of the molecule is Brc1cccc(-c2cnc(C3CNC3)o2)c1. The van der Waals surface area contributed by atoms with Gasteiger partial charge in [0.2, 0.25) is 5.89 Å². The minimum absolute atomic E-state index is 0.445. The van der Waals surface area contributed by atoms with Crippen molar-refractivity contribution in [1.29, 1.82) is 0 Å². The van der Waals surface area contributed by atoms with Crippen molar-refractivity contribution < 1.29 is 4.42 Å². The number of nitrogens with one attached hydrogen (secondary N) is 1. The number of aromatic nitrogens is 1. The quantitative estimate of drug-likeness (QED) is 0.918. The summed E-state index contributed by atoms with van der Waals surface area (Å²) in [6.07, 6.45) is 1.80. The fourth-order valence-electron chi connectivity index (χ4n) is 1.71. The average Bonchev–Trinajstić information content (AvgIpc) is 2.64. The van der Waals surface area contributed by atoms with E-state index in [0.717, 1.165) is 34.8 Å². The van der Waals surface area contributed by atoms with Crippen LogP contribution in [0.1, 0.15) is 11.8 Å². The van der Waals surface area contributed by atoms with Crippen molar-refractivity contribution in [3.63, 3.8) is 0 Å². The standard InChI is InChI=1S/C12H11BrN2O/c13-10-3-1-2-8(4-10)11-7-15-12(16-11)9-5-14-6-9/h1-4,7,9,14H,5-6H2. The lowest BCUT2D eigenvalue weighted by atomic mass is 10.0. The highest BCUT2D eigenvalue weighted by atomic mass is 79.9. The monoisotopic (exact) mass is 278 g/mol. The summed E-state index contributed by atoms with van der Waals surface area (Å²) < 4.78 is 6.81. The van der Waals surface area contributed by atoms with Crippen LogP contribution >= 0.6 is 15.9 Å². The van der Waals surface area contributed by atoms with Gasteiger partial charge in [0.25, 0.3) is 0 Å². The highest BCUT2D eigenvalue weighted by Crippen LogP contribution is 2.27. The molecule has 0 radical (unpaired) electrons. The Morgan fingerprint density at radius 2 is 2.25 bits per heavy atom. The number of rotatable bonds is 2. The summed E-state index contributed by atoms with van der Waals surface area (Å²) in [5.74, 6) is 2.12. The number of nitrogens with zero attached hydrogens (tertiary/aromatic N) is 1. The molecule has 0 spiro atoms. The predicted molar refractivity (Wildman–Crippen MR) is 65.2 cm³/mol. The van der Waals surface area contributed by atoms with Crippen molar-refractivity contribution >= 4 is 15.9 Å². The van der Waals surface area contributed by atoms with E-state index < -0.39 is 0 Å². The molecule has 2 heterocycles. The molecule has 2 aromatic rings. The van der Waals surface area contributed by atoms with E-state index in [2.05, 4.69) is 26.2 Å². The lowest BCUT2D eigenvalue weighted by Gasteiger charge is -2.23. The molecule has 0 unspecified atom stereocenters. The molecule has 1 aromatic heterocycles. The van der Waals surface area contributed by atoms with Crippen molar-refractivity contribution in [3.05, 3.63) is 40.8 Å². The zero-order valence-corrected chi connectivity index (χ0v) is 10.2. The number of oxazole rings is 1. The van der Waals surface area contributed by atoms with Crippen LogP contribution in [-0.2, 0) is 0 Å². The first-order valence-electron chi connectivity index (χ1n) is 5.25. The Bertz CT molecular complexity index is 505. The highest BCUT2D eigenvalue weighted by Gasteiger charge is 2.23. The van der Waals surface area contributed by atoms with Gasteiger partial charge in [-0.05, 0) is 12.1 Å². The third-order valence-corrected chi connectivity index (χ3v) is 3.26. The van der Waals surface area contributed by atoms with Crippen molar-refractivity contribution in [3.8, 4) is 11.3 Å². The summed E-state index contributed by atoms with van der Waals surface area (Å²) >= 11 is 3.45. The Labute approximate surface area is 102 Å². The minimum Gasteiger partial charge on any atom is -0.440 e. The first kappa shape index (κ1) is 10.1. The van der Waals surface area contributed by atoms with Gasteiger partial charge in [-0.25, -0.2) is 4.98 Å². The largest absolute Gasteiger partial charge is 0.440 e. The first-order valence-corrected chi connectivity index (χ1v) is 6.04. The molecule has 1 fully saturated rings. The van der Waals surface area contributed by atoms with Crippen LogP contribution < -0.4 is 5.32 Å². The summed E-state index contributed by atoms with van der Waals surface area (Å²) in [5.41, 5.74) is 1.06. The molecular weight excluding hydrogens is 268 g/mol. The zero-order chi connectivity index (χ0) is 11.0. The number of hydrogen-bond donors (Lipinski definition) is 1. The molecular formula is C12H11BrN2O. The molecule has 16 heavy (non-hydrogen) atoms. The molecule has 1 aliphatic rings. The number of hydrogen-bond acceptors (Lipinski definition) is 3. The van der Waals surface area contributed by atoms with E-state index in [-0.39, 0.29) is 0 Å². The van der Waals surface area contributed by atoms with Crippen LogP contribution in [0.5, 0.6) is 0 Å². The third kappa shape index (κ3) is 1.79. The predicted octanol–water partition coefficient (Wildman–Crippen LogP) is 2.79. The summed E-state index contributed by atoms with van der Waals surface area (Å²) in [7, 11) is 0. The first-order chi connectivity index (χ1) is 7.83. The molecule has 3 nitrogen and oxygen atoms in total. The molecule has 0 amide bonds. The lowest BCUT2D eigenvalue weighted by molar-refractivity contribution is 0.361. The molecule has 1 saturated heterocycles. The smallest absolute Gasteiger partial charge is 0.200 e. The zero-order valence-electron chi connectivity index (χ0n) is 8.61. The Morgan fingerprint density at radius 1 is 1.38 bits per heavy atom. The molecule has 4 heteroatoms. The molecule has 1 aliphatic heterocycles. The lowest BCUT2D eigenvalue weighted by Crippen LogP contribution is -2.40. The number of halogens is 1. The van der Waals surface area contributed by atoms with Gasteiger partial charge in [-0.2, -0.15) is 0 Å². The molecule has 0 saturated carbocycles. The summed E-state index contributed by atoms with van der Waals surface area (Å²) in [6, 6.07) is 8.04. The molecule has 82 valence electrons. The van der Waals surface area contributed by atoms with E-state index in [1.807, 2.05) is 24.3 Å². The summed E-state index contributed by atoms with van der Waals surface area (Å²) in [4.78, 5) is 4.32. The number of benzene rings is 1. The fourth-order valence-corrected chi connectivity index (χ4v) is 2.11. The van der Waals surface area contributed by atoms with Crippen LogP contribution in [0.4, 0.5) is 0 Å². The van der Waals surface area contributed by atoms with E-state index in [1.165, 1.54) is 0 Å². The van der Waals surface area contributed by atoms with Crippen LogP contribution in [0, 0.1) is 0 Å². The van der Waals surface area contributed by atoms with Crippen molar-refractivity contribution in [2.24, 2.45) is 0 Å². The molecule has 0 bridgehead atoms. The van der Waals surface area contributed by atoms with Gasteiger partial charge in [0.05, 0.1) is 12.1 Å². The van der Waals surface area contributed by atoms with Crippen LogP contribution in [0.3, 0.4) is 0 Å². The summed E-state index contributed by atoms with van der Waals surface area (Å²) in [6.45, 7) is 1.94. The van der Waals surface area contributed by atoms with Gasteiger partial charge in [-0.15, -0.1) is 0 Å². The topological polar surface area (TPSA) is 38.1 Å². The van der Waals surface area contributed by atoms with Gasteiger partial charge < -0.3 is 9.73 Å². The Balaban J connectivity index is 1.91. The molecule has 1 aromatic carbocycles. The van der Waals surface area contributed by atoms with E-state index >= 15 is 0 Å². The fraction of sp³-hybridized carbons (Fsp3) is 0.250. The van der Waals surface area contributed by atoms with E-state index in [9.17, 15) is 0 Å². The maximum Gasteiger partial charge on any atom is 0.200 e. The molecule has 3 rings (SSSR count). The Hall–Kier alpha value is -1.13. The van der Waals surface area contributed by atoms with Crippen molar-refractivity contribution in [2.75, 3.05) is 13.1 Å². The van der Waals surface area contributed by atoms with E-state index in [0.29, 0.717) is 5.92 Å².